The summed E-state index contributed by atoms with van der Waals surface area (Å²) in [5, 5.41) is -0.0123. The van der Waals surface area contributed by atoms with Gasteiger partial charge in [0, 0.05) is 11.8 Å². The largest absolute Gasteiger partial charge is 0.486 e. The molecule has 0 saturated carbocycles. The molecular weight excluding hydrogens is 399 g/mol. The Kier molecular flexibility index (Phi) is 5.10. The molecule has 0 saturated heterocycles. The van der Waals surface area contributed by atoms with E-state index in [9.17, 15) is 22.0 Å². The van der Waals surface area contributed by atoms with Gasteiger partial charge in [-0.2, -0.15) is 17.5 Å². The van der Waals surface area contributed by atoms with Crippen LogP contribution in [0.15, 0.2) is 36.5 Å². The first-order valence-corrected chi connectivity index (χ1v) is 8.17. The summed E-state index contributed by atoms with van der Waals surface area (Å²) in [6.07, 6.45) is -3.64. The van der Waals surface area contributed by atoms with E-state index in [1.807, 2.05) is 0 Å². The SMILES string of the molecule is Fc1ccccc1OCc1c(-c2ncc(Cl)cc2F)nsc1C(F)(F)F. The summed E-state index contributed by atoms with van der Waals surface area (Å²) >= 11 is 5.76. The fourth-order valence-electron chi connectivity index (χ4n) is 2.15. The Bertz CT molecular complexity index is 945. The summed E-state index contributed by atoms with van der Waals surface area (Å²) in [4.78, 5) is 2.65. The van der Waals surface area contributed by atoms with Crippen molar-refractivity contribution in [1.29, 1.82) is 0 Å². The summed E-state index contributed by atoms with van der Waals surface area (Å²) in [6, 6.07) is 6.17. The predicted octanol–water partition coefficient (Wildman–Crippen LogP) is 5.73. The molecule has 0 atom stereocenters. The lowest BCUT2D eigenvalue weighted by molar-refractivity contribution is -0.135. The van der Waals surface area contributed by atoms with Crippen LogP contribution >= 0.6 is 23.1 Å². The monoisotopic (exact) mass is 406 g/mol. The quantitative estimate of drug-likeness (QED) is 0.519. The first-order chi connectivity index (χ1) is 12.3. The Balaban J connectivity index is 2.03. The second-order valence-electron chi connectivity index (χ2n) is 5.04. The molecule has 2 heterocycles. The zero-order chi connectivity index (χ0) is 18.9. The Morgan fingerprint density at radius 2 is 1.81 bits per heavy atom. The number of nitrogens with zero attached hydrogens (tertiary/aromatic N) is 2. The van der Waals surface area contributed by atoms with Crippen molar-refractivity contribution in [2.75, 3.05) is 0 Å². The molecule has 0 aliphatic rings. The van der Waals surface area contributed by atoms with Gasteiger partial charge in [-0.05, 0) is 29.7 Å². The van der Waals surface area contributed by atoms with Gasteiger partial charge in [-0.15, -0.1) is 0 Å². The minimum absolute atomic E-state index is 0.0123. The summed E-state index contributed by atoms with van der Waals surface area (Å²) in [5.41, 5.74) is -1.15. The molecule has 0 radical (unpaired) electrons. The first-order valence-electron chi connectivity index (χ1n) is 7.02. The predicted molar refractivity (Wildman–Crippen MR) is 86.0 cm³/mol. The van der Waals surface area contributed by atoms with Gasteiger partial charge in [-0.3, -0.25) is 0 Å². The maximum absolute atomic E-state index is 14.1. The van der Waals surface area contributed by atoms with Gasteiger partial charge in [0.2, 0.25) is 0 Å². The van der Waals surface area contributed by atoms with Gasteiger partial charge < -0.3 is 4.74 Å². The van der Waals surface area contributed by atoms with Crippen molar-refractivity contribution in [3.63, 3.8) is 0 Å². The lowest BCUT2D eigenvalue weighted by Gasteiger charge is -2.11. The first kappa shape index (κ1) is 18.5. The molecule has 136 valence electrons. The number of benzene rings is 1. The molecule has 26 heavy (non-hydrogen) atoms. The van der Waals surface area contributed by atoms with Crippen molar-refractivity contribution in [2.24, 2.45) is 0 Å². The number of aromatic nitrogens is 2. The van der Waals surface area contributed by atoms with Gasteiger partial charge in [0.1, 0.15) is 22.9 Å². The van der Waals surface area contributed by atoms with E-state index >= 15 is 0 Å². The lowest BCUT2D eigenvalue weighted by atomic mass is 10.1. The number of para-hydroxylation sites is 1. The number of hydrogen-bond donors (Lipinski definition) is 0. The van der Waals surface area contributed by atoms with Gasteiger partial charge in [-0.1, -0.05) is 23.7 Å². The highest BCUT2D eigenvalue weighted by molar-refractivity contribution is 7.06. The van der Waals surface area contributed by atoms with E-state index in [4.69, 9.17) is 16.3 Å². The maximum atomic E-state index is 14.1. The maximum Gasteiger partial charge on any atom is 0.427 e. The molecule has 0 aliphatic heterocycles. The number of ether oxygens (including phenoxy) is 1. The van der Waals surface area contributed by atoms with Crippen LogP contribution in [-0.2, 0) is 12.8 Å². The average Bonchev–Trinajstić information content (AvgIpc) is 2.98. The molecule has 0 aliphatic carbocycles. The molecule has 0 unspecified atom stereocenters. The van der Waals surface area contributed by atoms with Crippen LogP contribution in [0.3, 0.4) is 0 Å². The van der Waals surface area contributed by atoms with Crippen LogP contribution < -0.4 is 4.74 Å². The molecule has 0 amide bonds. The lowest BCUT2D eigenvalue weighted by Crippen LogP contribution is -2.09. The summed E-state index contributed by atoms with van der Waals surface area (Å²) in [5.74, 6) is -1.90. The van der Waals surface area contributed by atoms with Crippen molar-refractivity contribution in [2.45, 2.75) is 12.8 Å². The zero-order valence-corrected chi connectivity index (χ0v) is 14.2. The van der Waals surface area contributed by atoms with Crippen LogP contribution in [-0.4, -0.2) is 9.36 Å². The van der Waals surface area contributed by atoms with E-state index in [0.717, 1.165) is 18.3 Å². The van der Waals surface area contributed by atoms with Crippen molar-refractivity contribution in [3.8, 4) is 17.1 Å². The van der Waals surface area contributed by atoms with Gasteiger partial charge in [0.25, 0.3) is 0 Å². The Morgan fingerprint density at radius 1 is 1.08 bits per heavy atom. The second kappa shape index (κ2) is 7.16. The highest BCUT2D eigenvalue weighted by atomic mass is 35.5. The summed E-state index contributed by atoms with van der Waals surface area (Å²) < 4.78 is 76.3. The number of hydrogen-bond acceptors (Lipinski definition) is 4. The van der Waals surface area contributed by atoms with Crippen LogP contribution in [0.5, 0.6) is 5.75 Å². The Labute approximate surface area is 153 Å². The molecule has 0 N–H and O–H groups in total. The van der Waals surface area contributed by atoms with E-state index < -0.39 is 40.6 Å². The number of rotatable bonds is 4. The van der Waals surface area contributed by atoms with Crippen LogP contribution in [0, 0.1) is 11.6 Å². The minimum atomic E-state index is -4.73. The minimum Gasteiger partial charge on any atom is -0.486 e. The Morgan fingerprint density at radius 3 is 2.46 bits per heavy atom. The molecule has 3 nitrogen and oxygen atoms in total. The summed E-state index contributed by atoms with van der Waals surface area (Å²) in [6.45, 7) is -0.661. The molecule has 0 fully saturated rings. The number of pyridine rings is 1. The van der Waals surface area contributed by atoms with Gasteiger partial charge >= 0.3 is 6.18 Å². The molecular formula is C16H8ClF5N2OS. The molecule has 10 heteroatoms. The van der Waals surface area contributed by atoms with Crippen molar-refractivity contribution in [3.05, 3.63) is 63.6 Å². The van der Waals surface area contributed by atoms with Crippen LogP contribution in [0.2, 0.25) is 5.02 Å². The molecule has 2 aromatic heterocycles. The molecule has 1 aromatic carbocycles. The highest BCUT2D eigenvalue weighted by Crippen LogP contribution is 2.40. The smallest absolute Gasteiger partial charge is 0.427 e. The van der Waals surface area contributed by atoms with Gasteiger partial charge in [0.05, 0.1) is 5.02 Å². The van der Waals surface area contributed by atoms with E-state index in [-0.39, 0.29) is 28.0 Å². The summed E-state index contributed by atoms with van der Waals surface area (Å²) in [7, 11) is 0. The zero-order valence-electron chi connectivity index (χ0n) is 12.6. The van der Waals surface area contributed by atoms with Crippen molar-refractivity contribution < 1.29 is 26.7 Å². The second-order valence-corrected chi connectivity index (χ2v) is 6.25. The standard InChI is InChI=1S/C16H8ClF5N2OS/c17-8-5-11(19)14(23-6-8)13-9(15(26-24-13)16(20,21)22)7-25-12-4-2-1-3-10(12)18/h1-6H,7H2. The van der Waals surface area contributed by atoms with E-state index in [2.05, 4.69) is 9.36 Å². The van der Waals surface area contributed by atoms with Gasteiger partial charge in [0.15, 0.2) is 17.4 Å². The van der Waals surface area contributed by atoms with Crippen LogP contribution in [0.25, 0.3) is 11.4 Å². The Hall–Kier alpha value is -2.26. The van der Waals surface area contributed by atoms with Crippen molar-refractivity contribution in [1.82, 2.24) is 9.36 Å². The van der Waals surface area contributed by atoms with Crippen molar-refractivity contribution >= 4 is 23.1 Å². The topological polar surface area (TPSA) is 35.0 Å². The van der Waals surface area contributed by atoms with Crippen LogP contribution in [0.1, 0.15) is 10.4 Å². The molecule has 0 spiro atoms. The van der Waals surface area contributed by atoms with E-state index in [1.54, 1.807) is 0 Å². The van der Waals surface area contributed by atoms with Crippen LogP contribution in [0.4, 0.5) is 22.0 Å². The third-order valence-corrected chi connectivity index (χ3v) is 4.43. The molecule has 3 rings (SSSR count). The normalized spacial score (nSPS) is 11.6. The average molecular weight is 407 g/mol. The molecule has 3 aromatic rings. The third-order valence-electron chi connectivity index (χ3n) is 3.29. The fourth-order valence-corrected chi connectivity index (χ4v) is 3.05. The molecule has 0 bridgehead atoms. The fraction of sp³-hybridized carbons (Fsp3) is 0.125. The van der Waals surface area contributed by atoms with Gasteiger partial charge in [-0.25, -0.2) is 13.8 Å². The van der Waals surface area contributed by atoms with E-state index in [1.165, 1.54) is 18.2 Å². The number of alkyl halides is 3. The number of halogens is 6. The third kappa shape index (κ3) is 3.78. The highest BCUT2D eigenvalue weighted by Gasteiger charge is 2.38. The van der Waals surface area contributed by atoms with E-state index in [0.29, 0.717) is 0 Å².